The van der Waals surface area contributed by atoms with Crippen molar-refractivity contribution in [2.75, 3.05) is 10.6 Å². The Morgan fingerprint density at radius 2 is 2.13 bits per heavy atom. The fourth-order valence-corrected chi connectivity index (χ4v) is 3.42. The largest absolute Gasteiger partial charge is 0.347 e. The number of hydrogen-bond donors (Lipinski definition) is 3. The predicted octanol–water partition coefficient (Wildman–Crippen LogP) is 2.15. The van der Waals surface area contributed by atoms with E-state index in [-0.39, 0.29) is 17.6 Å². The van der Waals surface area contributed by atoms with Crippen LogP contribution in [0.4, 0.5) is 16.2 Å². The van der Waals surface area contributed by atoms with Crippen molar-refractivity contribution < 1.29 is 9.18 Å². The van der Waals surface area contributed by atoms with Gasteiger partial charge in [0.25, 0.3) is 0 Å². The van der Waals surface area contributed by atoms with Crippen molar-refractivity contribution in [2.45, 2.75) is 32.2 Å². The molecule has 1 amide bonds. The number of H-pyrrole nitrogens is 1. The summed E-state index contributed by atoms with van der Waals surface area (Å²) in [5.74, 6) is 0.591. The summed E-state index contributed by atoms with van der Waals surface area (Å²) in [6, 6.07) is 0.722. The summed E-state index contributed by atoms with van der Waals surface area (Å²) in [5, 5.41) is 10.3. The smallest absolute Gasteiger partial charge is 0.248 e. The normalized spacial score (nSPS) is 16.0. The molecule has 10 nitrogen and oxygen atoms in total. The number of pyridine rings is 1. The third kappa shape index (κ3) is 3.04. The number of imidazole rings is 1. The van der Waals surface area contributed by atoms with E-state index < -0.39 is 11.9 Å². The fraction of sp³-hybridized carbons (Fsp3) is 0.263. The highest BCUT2D eigenvalue weighted by atomic mass is 19.1. The number of fused-ring (bicyclic) bond motifs is 2. The van der Waals surface area contributed by atoms with Gasteiger partial charge in [0.05, 0.1) is 24.4 Å². The maximum Gasteiger partial charge on any atom is 0.248 e. The first-order valence-electron chi connectivity index (χ1n) is 9.46. The number of amides is 1. The predicted molar refractivity (Wildman–Crippen MR) is 106 cm³/mol. The van der Waals surface area contributed by atoms with E-state index >= 15 is 0 Å². The van der Waals surface area contributed by atoms with Gasteiger partial charge >= 0.3 is 0 Å². The van der Waals surface area contributed by atoms with Crippen molar-refractivity contribution in [1.82, 2.24) is 34.5 Å². The Kier molecular flexibility index (Phi) is 4.16. The first-order chi connectivity index (χ1) is 14.5. The van der Waals surface area contributed by atoms with E-state index in [9.17, 15) is 9.18 Å². The summed E-state index contributed by atoms with van der Waals surface area (Å²) in [7, 11) is 0. The number of hydrogen-bond acceptors (Lipinski definition) is 7. The van der Waals surface area contributed by atoms with E-state index in [1.807, 2.05) is 13.8 Å². The number of aromatic amines is 1. The summed E-state index contributed by atoms with van der Waals surface area (Å²) in [4.78, 5) is 32.7. The van der Waals surface area contributed by atoms with Crippen LogP contribution >= 0.6 is 0 Å². The highest BCUT2D eigenvalue weighted by Crippen LogP contribution is 2.26. The third-order valence-corrected chi connectivity index (χ3v) is 4.97. The van der Waals surface area contributed by atoms with Gasteiger partial charge in [0, 0.05) is 23.7 Å². The molecule has 4 aromatic rings. The first kappa shape index (κ1) is 18.2. The molecule has 0 aromatic carbocycles. The van der Waals surface area contributed by atoms with Crippen molar-refractivity contribution in [3.05, 3.63) is 48.1 Å². The SMILES string of the molecule is CC(C)c1cnn2c(N[C@H]3Cc4[nH]cnc4NC3=O)nc(-c3cncc(F)c3)nc12. The van der Waals surface area contributed by atoms with Crippen LogP contribution in [-0.4, -0.2) is 46.5 Å². The number of anilines is 2. The van der Waals surface area contributed by atoms with Crippen LogP contribution in [0.5, 0.6) is 0 Å². The van der Waals surface area contributed by atoms with Crippen LogP contribution in [0.2, 0.25) is 0 Å². The maximum absolute atomic E-state index is 13.7. The molecule has 0 aliphatic carbocycles. The van der Waals surface area contributed by atoms with Crippen LogP contribution in [0, 0.1) is 5.82 Å². The highest BCUT2D eigenvalue weighted by molar-refractivity contribution is 5.98. The number of carbonyl (C=O) groups is 1. The molecule has 1 aliphatic rings. The molecule has 0 saturated carbocycles. The number of carbonyl (C=O) groups excluding carboxylic acids is 1. The lowest BCUT2D eigenvalue weighted by Crippen LogP contribution is -2.41. The lowest BCUT2D eigenvalue weighted by Gasteiger charge is -2.23. The van der Waals surface area contributed by atoms with Gasteiger partial charge in [-0.2, -0.15) is 14.6 Å². The minimum Gasteiger partial charge on any atom is -0.347 e. The minimum absolute atomic E-state index is 0.161. The molecule has 4 aromatic heterocycles. The molecule has 0 radical (unpaired) electrons. The zero-order valence-electron chi connectivity index (χ0n) is 16.2. The molecule has 0 saturated heterocycles. The van der Waals surface area contributed by atoms with Gasteiger partial charge in [-0.05, 0) is 12.0 Å². The average Bonchev–Trinajstić information content (AvgIpc) is 3.34. The lowest BCUT2D eigenvalue weighted by molar-refractivity contribution is -0.117. The van der Waals surface area contributed by atoms with Crippen molar-refractivity contribution in [1.29, 1.82) is 0 Å². The Hall–Kier alpha value is -3.89. The van der Waals surface area contributed by atoms with Crippen LogP contribution < -0.4 is 10.6 Å². The van der Waals surface area contributed by atoms with E-state index in [2.05, 4.69) is 40.7 Å². The second-order valence-electron chi connectivity index (χ2n) is 7.37. The van der Waals surface area contributed by atoms with Gasteiger partial charge < -0.3 is 15.6 Å². The van der Waals surface area contributed by atoms with Gasteiger partial charge in [-0.3, -0.25) is 9.78 Å². The topological polar surface area (TPSA) is 126 Å². The van der Waals surface area contributed by atoms with E-state index in [4.69, 9.17) is 0 Å². The van der Waals surface area contributed by atoms with Gasteiger partial charge in [-0.15, -0.1) is 0 Å². The quantitative estimate of drug-likeness (QED) is 0.473. The van der Waals surface area contributed by atoms with Crippen molar-refractivity contribution >= 4 is 23.3 Å². The average molecular weight is 407 g/mol. The second-order valence-corrected chi connectivity index (χ2v) is 7.37. The van der Waals surface area contributed by atoms with Crippen molar-refractivity contribution in [3.8, 4) is 11.4 Å². The van der Waals surface area contributed by atoms with Gasteiger partial charge in [0.2, 0.25) is 11.9 Å². The van der Waals surface area contributed by atoms with E-state index in [1.165, 1.54) is 18.6 Å². The fourth-order valence-electron chi connectivity index (χ4n) is 3.42. The summed E-state index contributed by atoms with van der Waals surface area (Å²) < 4.78 is 15.3. The molecule has 0 bridgehead atoms. The van der Waals surface area contributed by atoms with Crippen LogP contribution in [-0.2, 0) is 11.2 Å². The lowest BCUT2D eigenvalue weighted by atomic mass is 10.1. The number of aromatic nitrogens is 7. The second kappa shape index (κ2) is 6.87. The van der Waals surface area contributed by atoms with Crippen LogP contribution in [0.15, 0.2) is 31.0 Å². The summed E-state index contributed by atoms with van der Waals surface area (Å²) in [5.41, 5.74) is 2.74. The zero-order chi connectivity index (χ0) is 20.8. The molecule has 1 aliphatic heterocycles. The molecule has 1 atom stereocenters. The van der Waals surface area contributed by atoms with E-state index in [0.29, 0.717) is 29.4 Å². The van der Waals surface area contributed by atoms with Crippen LogP contribution in [0.1, 0.15) is 31.0 Å². The number of nitrogens with zero attached hydrogens (tertiary/aromatic N) is 6. The molecule has 0 unspecified atom stereocenters. The maximum atomic E-state index is 13.7. The molecular weight excluding hydrogens is 389 g/mol. The third-order valence-electron chi connectivity index (χ3n) is 4.97. The Morgan fingerprint density at radius 1 is 1.27 bits per heavy atom. The molecule has 5 heterocycles. The highest BCUT2D eigenvalue weighted by Gasteiger charge is 2.29. The Labute approximate surface area is 170 Å². The molecule has 0 spiro atoms. The van der Waals surface area contributed by atoms with Crippen LogP contribution in [0.3, 0.4) is 0 Å². The summed E-state index contributed by atoms with van der Waals surface area (Å²) >= 11 is 0. The molecule has 0 fully saturated rings. The Morgan fingerprint density at radius 3 is 2.93 bits per heavy atom. The van der Waals surface area contributed by atoms with Crippen LogP contribution in [0.25, 0.3) is 17.0 Å². The van der Waals surface area contributed by atoms with Gasteiger partial charge in [0.15, 0.2) is 17.3 Å². The molecule has 3 N–H and O–H groups in total. The van der Waals surface area contributed by atoms with Gasteiger partial charge in [-0.1, -0.05) is 13.8 Å². The summed E-state index contributed by atoms with van der Waals surface area (Å²) in [6.07, 6.45) is 6.28. The summed E-state index contributed by atoms with van der Waals surface area (Å²) in [6.45, 7) is 4.06. The zero-order valence-corrected chi connectivity index (χ0v) is 16.2. The first-order valence-corrected chi connectivity index (χ1v) is 9.46. The Bertz CT molecular complexity index is 1260. The van der Waals surface area contributed by atoms with Gasteiger partial charge in [-0.25, -0.2) is 14.4 Å². The molecular formula is C19H18FN9O. The van der Waals surface area contributed by atoms with E-state index in [0.717, 1.165) is 17.5 Å². The Balaban J connectivity index is 1.61. The molecule has 11 heteroatoms. The number of nitrogens with one attached hydrogen (secondary N) is 3. The number of halogens is 1. The van der Waals surface area contributed by atoms with Gasteiger partial charge in [0.1, 0.15) is 11.9 Å². The standard InChI is InChI=1S/C19H18FN9O/c1-9(2)12-7-24-29-17(12)26-15(10-3-11(20)6-21-5-10)28-19(29)25-14-4-13-16(23-8-22-13)27-18(14)30/h3,5-9,14H,4H2,1-2H3,(H,22,23)(H,27,30)(H,25,26,28)/t14-/m0/s1. The van der Waals surface area contributed by atoms with Crippen molar-refractivity contribution in [2.24, 2.45) is 0 Å². The number of rotatable bonds is 4. The van der Waals surface area contributed by atoms with Crippen molar-refractivity contribution in [3.63, 3.8) is 0 Å². The minimum atomic E-state index is -0.596. The molecule has 152 valence electrons. The monoisotopic (exact) mass is 407 g/mol. The molecule has 30 heavy (non-hydrogen) atoms. The molecule has 5 rings (SSSR count). The van der Waals surface area contributed by atoms with E-state index in [1.54, 1.807) is 10.7 Å².